The lowest BCUT2D eigenvalue weighted by atomic mass is 9.98. The van der Waals surface area contributed by atoms with Crippen LogP contribution in [0.25, 0.3) is 22.0 Å². The number of guanidine groups is 1. The molecule has 0 spiro atoms. The number of rotatable bonds is 3. The minimum Gasteiger partial charge on any atom is -0.497 e. The summed E-state index contributed by atoms with van der Waals surface area (Å²) in [7, 11) is 1.32. The third-order valence-corrected chi connectivity index (χ3v) is 3.74. The van der Waals surface area contributed by atoms with Gasteiger partial charge >= 0.3 is 0 Å². The Morgan fingerprint density at radius 2 is 1.81 bits per heavy atom. The number of hydrogen-bond acceptors (Lipinski definition) is 3. The SMILES string of the molecule is COc1cc(F)c(-c2ccnc3ccc(C(=O)N=C(N)N)cc23)c(F)c1. The second-order valence-electron chi connectivity index (χ2n) is 5.40. The second-order valence-corrected chi connectivity index (χ2v) is 5.40. The molecule has 3 aromatic rings. The van der Waals surface area contributed by atoms with Crippen LogP contribution in [-0.4, -0.2) is 24.0 Å². The fourth-order valence-electron chi connectivity index (χ4n) is 2.60. The van der Waals surface area contributed by atoms with E-state index < -0.39 is 17.5 Å². The number of carbonyl (C=O) groups excluding carboxylic acids is 1. The molecule has 1 amide bonds. The van der Waals surface area contributed by atoms with E-state index in [9.17, 15) is 13.6 Å². The van der Waals surface area contributed by atoms with Crippen molar-refractivity contribution >= 4 is 22.8 Å². The van der Waals surface area contributed by atoms with Crippen LogP contribution in [0.1, 0.15) is 10.4 Å². The van der Waals surface area contributed by atoms with Crippen molar-refractivity contribution < 1.29 is 18.3 Å². The summed E-state index contributed by atoms with van der Waals surface area (Å²) in [6.07, 6.45) is 1.43. The predicted octanol–water partition coefficient (Wildman–Crippen LogP) is 2.60. The number of aromatic nitrogens is 1. The first-order chi connectivity index (χ1) is 12.4. The van der Waals surface area contributed by atoms with Crippen LogP contribution in [-0.2, 0) is 0 Å². The van der Waals surface area contributed by atoms with Gasteiger partial charge in [0.25, 0.3) is 5.91 Å². The van der Waals surface area contributed by atoms with Crippen LogP contribution < -0.4 is 16.2 Å². The van der Waals surface area contributed by atoms with Crippen molar-refractivity contribution in [2.24, 2.45) is 16.5 Å². The Labute approximate surface area is 147 Å². The number of nitrogens with two attached hydrogens (primary N) is 2. The maximum atomic E-state index is 14.5. The molecular formula is C18H14F2N4O2. The maximum Gasteiger partial charge on any atom is 0.280 e. The Bertz CT molecular complexity index is 1020. The number of halogens is 2. The van der Waals surface area contributed by atoms with Gasteiger partial charge in [-0.2, -0.15) is 4.99 Å². The molecular weight excluding hydrogens is 342 g/mol. The molecule has 0 radical (unpaired) electrons. The number of fused-ring (bicyclic) bond motifs is 1. The third-order valence-electron chi connectivity index (χ3n) is 3.74. The maximum absolute atomic E-state index is 14.5. The Kier molecular flexibility index (Phi) is 4.49. The average molecular weight is 356 g/mol. The Balaban J connectivity index is 2.24. The molecule has 26 heavy (non-hydrogen) atoms. The Morgan fingerprint density at radius 1 is 1.12 bits per heavy atom. The fraction of sp³-hybridized carbons (Fsp3) is 0.0556. The number of hydrogen-bond donors (Lipinski definition) is 2. The van der Waals surface area contributed by atoms with E-state index in [0.29, 0.717) is 10.9 Å². The standard InChI is InChI=1S/C18H14F2N4O2/c1-26-10-7-13(19)16(14(20)8-10)11-4-5-23-15-3-2-9(6-12(11)15)17(25)24-18(21)22/h2-8H,1H3,(H4,21,22,24,25). The van der Waals surface area contributed by atoms with Crippen molar-refractivity contribution in [2.45, 2.75) is 0 Å². The molecule has 0 aliphatic rings. The molecule has 0 fully saturated rings. The van der Waals surface area contributed by atoms with Crippen LogP contribution in [0.3, 0.4) is 0 Å². The third kappa shape index (κ3) is 3.16. The highest BCUT2D eigenvalue weighted by Crippen LogP contribution is 2.34. The summed E-state index contributed by atoms with van der Waals surface area (Å²) in [5.74, 6) is -2.58. The number of nitrogens with zero attached hydrogens (tertiary/aromatic N) is 2. The van der Waals surface area contributed by atoms with Gasteiger partial charge in [0, 0.05) is 29.3 Å². The molecule has 0 saturated heterocycles. The van der Waals surface area contributed by atoms with Crippen molar-refractivity contribution in [3.8, 4) is 16.9 Å². The first-order valence-corrected chi connectivity index (χ1v) is 7.47. The summed E-state index contributed by atoms with van der Waals surface area (Å²) in [5, 5.41) is 0.382. The quantitative estimate of drug-likeness (QED) is 0.554. The van der Waals surface area contributed by atoms with Crippen molar-refractivity contribution in [2.75, 3.05) is 7.11 Å². The van der Waals surface area contributed by atoms with Crippen LogP contribution in [0.15, 0.2) is 47.6 Å². The zero-order valence-corrected chi connectivity index (χ0v) is 13.7. The van der Waals surface area contributed by atoms with Gasteiger partial charge in [-0.25, -0.2) is 8.78 Å². The van der Waals surface area contributed by atoms with E-state index in [2.05, 4.69) is 9.98 Å². The van der Waals surface area contributed by atoms with Gasteiger partial charge < -0.3 is 16.2 Å². The zero-order chi connectivity index (χ0) is 18.8. The van der Waals surface area contributed by atoms with Gasteiger partial charge in [-0.15, -0.1) is 0 Å². The van der Waals surface area contributed by atoms with Gasteiger partial charge in [-0.05, 0) is 29.8 Å². The van der Waals surface area contributed by atoms with E-state index in [1.165, 1.54) is 31.5 Å². The fourth-order valence-corrected chi connectivity index (χ4v) is 2.60. The lowest BCUT2D eigenvalue weighted by Gasteiger charge is -2.11. The molecule has 0 aliphatic heterocycles. The van der Waals surface area contributed by atoms with Crippen molar-refractivity contribution in [3.05, 3.63) is 59.8 Å². The molecule has 6 nitrogen and oxygen atoms in total. The summed E-state index contributed by atoms with van der Waals surface area (Å²) in [5.41, 5.74) is 11.0. The van der Waals surface area contributed by atoms with Gasteiger partial charge in [0.2, 0.25) is 0 Å². The lowest BCUT2D eigenvalue weighted by molar-refractivity contribution is 0.100. The number of carbonyl (C=O) groups is 1. The van der Waals surface area contributed by atoms with E-state index in [1.54, 1.807) is 6.07 Å². The van der Waals surface area contributed by atoms with Crippen LogP contribution in [0.4, 0.5) is 8.78 Å². The largest absolute Gasteiger partial charge is 0.497 e. The Hall–Kier alpha value is -3.55. The first kappa shape index (κ1) is 17.3. The van der Waals surface area contributed by atoms with Crippen LogP contribution in [0, 0.1) is 11.6 Å². The summed E-state index contributed by atoms with van der Waals surface area (Å²) in [6, 6.07) is 8.10. The molecule has 0 atom stereocenters. The summed E-state index contributed by atoms with van der Waals surface area (Å²) in [6.45, 7) is 0. The van der Waals surface area contributed by atoms with Crippen LogP contribution in [0.2, 0.25) is 0 Å². The molecule has 0 bridgehead atoms. The van der Waals surface area contributed by atoms with Crippen LogP contribution >= 0.6 is 0 Å². The molecule has 1 heterocycles. The molecule has 3 rings (SSSR count). The highest BCUT2D eigenvalue weighted by molar-refractivity contribution is 6.05. The number of amides is 1. The predicted molar refractivity (Wildman–Crippen MR) is 93.8 cm³/mol. The van der Waals surface area contributed by atoms with Crippen molar-refractivity contribution in [1.29, 1.82) is 0 Å². The lowest BCUT2D eigenvalue weighted by Crippen LogP contribution is -2.24. The number of aliphatic imine (C=N–C) groups is 1. The molecule has 4 N–H and O–H groups in total. The van der Waals surface area contributed by atoms with Gasteiger partial charge in [0.1, 0.15) is 17.4 Å². The number of pyridine rings is 1. The van der Waals surface area contributed by atoms with Gasteiger partial charge in [0.15, 0.2) is 5.96 Å². The highest BCUT2D eigenvalue weighted by Gasteiger charge is 2.17. The molecule has 132 valence electrons. The molecule has 0 saturated carbocycles. The molecule has 0 aliphatic carbocycles. The minimum atomic E-state index is -0.796. The minimum absolute atomic E-state index is 0.0609. The molecule has 2 aromatic carbocycles. The average Bonchev–Trinajstić information content (AvgIpc) is 2.60. The molecule has 0 unspecified atom stereocenters. The first-order valence-electron chi connectivity index (χ1n) is 7.47. The monoisotopic (exact) mass is 356 g/mol. The normalized spacial score (nSPS) is 10.6. The summed E-state index contributed by atoms with van der Waals surface area (Å²) >= 11 is 0. The smallest absolute Gasteiger partial charge is 0.280 e. The summed E-state index contributed by atoms with van der Waals surface area (Å²) < 4.78 is 33.8. The number of benzene rings is 2. The topological polar surface area (TPSA) is 104 Å². The zero-order valence-electron chi connectivity index (χ0n) is 13.7. The van der Waals surface area contributed by atoms with E-state index in [4.69, 9.17) is 16.2 Å². The summed E-state index contributed by atoms with van der Waals surface area (Å²) in [4.78, 5) is 19.6. The number of methoxy groups -OCH3 is 1. The Morgan fingerprint density at radius 3 is 2.42 bits per heavy atom. The van der Waals surface area contributed by atoms with Gasteiger partial charge in [-0.3, -0.25) is 9.78 Å². The number of ether oxygens (including phenoxy) is 1. The highest BCUT2D eigenvalue weighted by atomic mass is 19.1. The van der Waals surface area contributed by atoms with Crippen molar-refractivity contribution in [3.63, 3.8) is 0 Å². The van der Waals surface area contributed by atoms with E-state index in [0.717, 1.165) is 12.1 Å². The van der Waals surface area contributed by atoms with Crippen molar-refractivity contribution in [1.82, 2.24) is 4.98 Å². The van der Waals surface area contributed by atoms with E-state index in [-0.39, 0.29) is 28.4 Å². The van der Waals surface area contributed by atoms with E-state index in [1.807, 2.05) is 0 Å². The molecule has 8 heteroatoms. The molecule has 1 aromatic heterocycles. The van der Waals surface area contributed by atoms with E-state index >= 15 is 0 Å². The van der Waals surface area contributed by atoms with Gasteiger partial charge in [0.05, 0.1) is 18.2 Å². The van der Waals surface area contributed by atoms with Gasteiger partial charge in [-0.1, -0.05) is 0 Å². The van der Waals surface area contributed by atoms with Crippen LogP contribution in [0.5, 0.6) is 5.75 Å². The second kappa shape index (κ2) is 6.75.